The van der Waals surface area contributed by atoms with Crippen LogP contribution in [0.3, 0.4) is 0 Å². The lowest BCUT2D eigenvalue weighted by Crippen LogP contribution is -2.41. The molecule has 9 heterocycles. The van der Waals surface area contributed by atoms with Crippen molar-refractivity contribution in [3.8, 4) is 0 Å². The molecule has 7 aliphatic rings. The molecule has 3 aliphatic heterocycles. The van der Waals surface area contributed by atoms with Gasteiger partial charge in [0.25, 0.3) is 47.8 Å². The Balaban J connectivity index is 0.000000161. The summed E-state index contributed by atoms with van der Waals surface area (Å²) in [6, 6.07) is 21.3. The summed E-state index contributed by atoms with van der Waals surface area (Å²) in [6.07, 6.45) is 11.4. The minimum absolute atomic E-state index is 0.0197. The summed E-state index contributed by atoms with van der Waals surface area (Å²) in [5, 5.41) is -1.00. The number of nitrogens with two attached hydrogens (primary N) is 3. The first-order chi connectivity index (χ1) is 49.9. The average Bonchev–Trinajstić information content (AvgIpc) is 1.74. The van der Waals surface area contributed by atoms with Gasteiger partial charge in [0.15, 0.2) is 15.1 Å². The van der Waals surface area contributed by atoms with E-state index >= 15 is 0 Å². The SMILES string of the molecule is C[C@@H]1CN(c2nc(/C=C/C3CC3)ccc2C(=O)NS(=O)(=O)c2cccc(N)n2)C(C)(C)C1.C[C@@H]1CN(c2nc(C(C)(C)C)c(C3=CCC(C(F)(F)F)CC3)cc2C(=O)NS(=O)(=O)c2cccc(N)n2)C(C)(C)C1.C[C@@H]1CN(c2nc(C3CC4CCC3C4)ccc2C(=O)NS(=O)(=O)c2cccc(N)n2)C(C)(C)C1. The van der Waals surface area contributed by atoms with E-state index in [2.05, 4.69) is 93.5 Å². The number of sulfonamides is 3. The molecule has 6 aromatic heterocycles. The Morgan fingerprint density at radius 2 is 0.981 bits per heavy atom. The summed E-state index contributed by atoms with van der Waals surface area (Å²) in [4.78, 5) is 72.9. The first kappa shape index (κ1) is 79.3. The van der Waals surface area contributed by atoms with E-state index in [0.29, 0.717) is 76.3 Å². The van der Waals surface area contributed by atoms with Crippen molar-refractivity contribution in [1.29, 1.82) is 0 Å². The van der Waals surface area contributed by atoms with Crippen LogP contribution in [-0.4, -0.2) is 115 Å². The van der Waals surface area contributed by atoms with Crippen LogP contribution in [-0.2, 0) is 35.5 Å². The highest BCUT2D eigenvalue weighted by molar-refractivity contribution is 7.90. The van der Waals surface area contributed by atoms with Crippen LogP contribution in [0.5, 0.6) is 0 Å². The van der Waals surface area contributed by atoms with Gasteiger partial charge in [-0.1, -0.05) is 78.3 Å². The van der Waals surface area contributed by atoms with Crippen molar-refractivity contribution in [2.75, 3.05) is 51.5 Å². The molecule has 13 rings (SSSR count). The molecule has 7 atom stereocenters. The summed E-state index contributed by atoms with van der Waals surface area (Å²) in [7, 11) is -12.8. The maximum absolute atomic E-state index is 13.8. The van der Waals surface area contributed by atoms with Crippen molar-refractivity contribution in [3.63, 3.8) is 0 Å². The van der Waals surface area contributed by atoms with Crippen LogP contribution in [0.4, 0.5) is 48.1 Å². The molecule has 6 aromatic rings. The fourth-order valence-corrected chi connectivity index (χ4v) is 19.3. The Labute approximate surface area is 626 Å². The number of allylic oxidation sites excluding steroid dienone is 3. The Morgan fingerprint density at radius 1 is 0.542 bits per heavy atom. The molecule has 0 radical (unpaired) electrons. The number of halogens is 3. The molecule has 24 nitrogen and oxygen atoms in total. The van der Waals surface area contributed by atoms with E-state index in [9.17, 15) is 52.8 Å². The largest absolute Gasteiger partial charge is 0.392 e. The van der Waals surface area contributed by atoms with Crippen LogP contribution in [0.25, 0.3) is 11.6 Å². The van der Waals surface area contributed by atoms with E-state index in [1.807, 2.05) is 51.7 Å². The van der Waals surface area contributed by atoms with Gasteiger partial charge in [-0.25, -0.2) is 44.1 Å². The highest BCUT2D eigenvalue weighted by atomic mass is 32.2. The topological polar surface area (TPSA) is 355 Å². The van der Waals surface area contributed by atoms with E-state index in [1.165, 1.54) is 86.7 Å². The maximum atomic E-state index is 13.8. The Morgan fingerprint density at radius 3 is 1.36 bits per heavy atom. The number of amides is 3. The molecular weight excluding hydrogens is 1430 g/mol. The molecule has 0 aromatic carbocycles. The summed E-state index contributed by atoms with van der Waals surface area (Å²) >= 11 is 0. The third-order valence-electron chi connectivity index (χ3n) is 21.5. The molecule has 30 heteroatoms. The Hall–Kier alpha value is -8.77. The lowest BCUT2D eigenvalue weighted by atomic mass is 9.80. The van der Waals surface area contributed by atoms with Gasteiger partial charge in [0, 0.05) is 58.8 Å². The molecular formula is C77H100F3N15O9S3. The number of hydrogen-bond acceptors (Lipinski definition) is 21. The number of nitrogen functional groups attached to an aromatic ring is 3. The van der Waals surface area contributed by atoms with Crippen molar-refractivity contribution >= 4 is 94.3 Å². The molecule has 3 amide bonds. The van der Waals surface area contributed by atoms with Gasteiger partial charge in [0.2, 0.25) is 0 Å². The van der Waals surface area contributed by atoms with Crippen molar-refractivity contribution < 1.29 is 52.8 Å². The minimum Gasteiger partial charge on any atom is -0.384 e. The summed E-state index contributed by atoms with van der Waals surface area (Å²) in [5.74, 6) is 1.34. The molecule has 9 N–H and O–H groups in total. The normalized spacial score (nSPS) is 23.2. The fourth-order valence-electron chi connectivity index (χ4n) is 16.5. The van der Waals surface area contributed by atoms with E-state index in [0.717, 1.165) is 56.1 Å². The van der Waals surface area contributed by atoms with Gasteiger partial charge in [0.1, 0.15) is 34.9 Å². The highest BCUT2D eigenvalue weighted by Crippen LogP contribution is 2.53. The number of hydrogen-bond donors (Lipinski definition) is 6. The molecule has 3 saturated heterocycles. The predicted molar refractivity (Wildman–Crippen MR) is 408 cm³/mol. The van der Waals surface area contributed by atoms with Gasteiger partial charge in [-0.15, -0.1) is 0 Å². The minimum atomic E-state index is -4.39. The molecule has 0 spiro atoms. The third-order valence-corrected chi connectivity index (χ3v) is 25.2. The molecule has 2 bridgehead atoms. The van der Waals surface area contributed by atoms with Crippen LogP contribution in [0.2, 0.25) is 0 Å². The quantitative estimate of drug-likeness (QED) is 0.0524. The predicted octanol–water partition coefficient (Wildman–Crippen LogP) is 12.8. The number of pyridine rings is 6. The number of fused-ring (bicyclic) bond motifs is 2. The molecule has 6 fully saturated rings. The van der Waals surface area contributed by atoms with Gasteiger partial charge in [-0.05, 0) is 226 Å². The number of aromatic nitrogens is 6. The van der Waals surface area contributed by atoms with Gasteiger partial charge in [0.05, 0.1) is 34.0 Å². The van der Waals surface area contributed by atoms with Crippen molar-refractivity contribution in [1.82, 2.24) is 44.1 Å². The zero-order valence-corrected chi connectivity index (χ0v) is 65.3. The van der Waals surface area contributed by atoms with E-state index in [1.54, 1.807) is 30.3 Å². The number of anilines is 6. The zero-order chi connectivity index (χ0) is 77.9. The number of alkyl halides is 3. The Kier molecular flexibility index (Phi) is 22.2. The second-order valence-corrected chi connectivity index (χ2v) is 38.0. The summed E-state index contributed by atoms with van der Waals surface area (Å²) in [5.41, 5.74) is 19.7. The van der Waals surface area contributed by atoms with Crippen LogP contribution >= 0.6 is 0 Å². The third kappa shape index (κ3) is 18.2. The number of nitrogens with zero attached hydrogens (tertiary/aromatic N) is 9. The summed E-state index contributed by atoms with van der Waals surface area (Å²) < 4.78 is 124. The number of carbonyl (C=O) groups is 3. The van der Waals surface area contributed by atoms with E-state index in [4.69, 9.17) is 32.2 Å². The number of nitrogens with one attached hydrogen (secondary N) is 3. The van der Waals surface area contributed by atoms with Crippen LogP contribution in [0.1, 0.15) is 220 Å². The highest BCUT2D eigenvalue weighted by Gasteiger charge is 2.46. The van der Waals surface area contributed by atoms with Crippen LogP contribution < -0.4 is 46.1 Å². The zero-order valence-electron chi connectivity index (χ0n) is 62.8. The first-order valence-corrected chi connectivity index (χ1v) is 41.1. The van der Waals surface area contributed by atoms with Crippen molar-refractivity contribution in [3.05, 3.63) is 136 Å². The molecule has 576 valence electrons. The number of carbonyl (C=O) groups excluding carboxylic acids is 3. The second-order valence-electron chi connectivity index (χ2n) is 33.1. The summed E-state index contributed by atoms with van der Waals surface area (Å²) in [6.45, 7) is 27.0. The van der Waals surface area contributed by atoms with Gasteiger partial charge in [-0.2, -0.15) is 38.4 Å². The second kappa shape index (κ2) is 30.0. The Bertz CT molecular complexity index is 4830. The molecule has 4 aliphatic carbocycles. The smallest absolute Gasteiger partial charge is 0.384 e. The standard InChI is InChI=1S/C29H38F3N5O3S.C25H33N5O3S.C23H29N5O3S/c1-17-15-28(5,6)37(16-17)25-21(26(38)36-41(39,40)23-9-7-8-22(33)34-23)14-20(24(35-25)27(2,3)4)18-10-12-19(13-11-18)29(30,31)32;1-15-13-25(2,3)30(14-15)23-18(9-10-20(27-23)19-12-16-7-8-17(19)11-16)24(31)29-34(32,33)22-6-4-5-21(26)28-22;1-15-13-23(2,3)28(14-15)21-18(12-11-17(25-21)10-9-16-7-8-16)22(29)27-32(30,31)20-6-4-5-19(24)26-20/h7-10,14,17,19H,11-13,15-16H2,1-6H3,(H2,33,34)(H,36,38);4-6,9-10,15-17,19H,7-8,11-14H2,1-3H3,(H2,26,28)(H,29,31);4-6,9-12,15-16H,7-8,13-14H2,1-3H3,(H2,24,26)(H,27,29)/b;;10-9+/t17-,19?;15-,16?,17?,19?;15-/m000/s1. The molecule has 3 saturated carbocycles. The fraction of sp³-hybridized carbons (Fsp3) is 0.519. The number of rotatable bonds is 16. The van der Waals surface area contributed by atoms with E-state index < -0.39 is 70.3 Å². The van der Waals surface area contributed by atoms with Gasteiger partial charge < -0.3 is 31.9 Å². The lowest BCUT2D eigenvalue weighted by molar-refractivity contribution is -0.175. The van der Waals surface area contributed by atoms with Crippen molar-refractivity contribution in [2.45, 2.75) is 209 Å². The first-order valence-electron chi connectivity index (χ1n) is 36.6. The van der Waals surface area contributed by atoms with Crippen LogP contribution in [0.15, 0.2) is 112 Å². The maximum Gasteiger partial charge on any atom is 0.392 e. The van der Waals surface area contributed by atoms with E-state index in [-0.39, 0.29) is 80.1 Å². The lowest BCUT2D eigenvalue weighted by Gasteiger charge is -2.36. The average molecular weight is 1530 g/mol. The molecule has 4 unspecified atom stereocenters. The van der Waals surface area contributed by atoms with Gasteiger partial charge >= 0.3 is 6.18 Å². The molecule has 107 heavy (non-hydrogen) atoms. The van der Waals surface area contributed by atoms with Crippen LogP contribution in [0, 0.1) is 41.4 Å². The van der Waals surface area contributed by atoms with Gasteiger partial charge in [-0.3, -0.25) is 14.4 Å². The monoisotopic (exact) mass is 1530 g/mol. The van der Waals surface area contributed by atoms with Crippen molar-refractivity contribution in [2.24, 2.45) is 41.4 Å².